The summed E-state index contributed by atoms with van der Waals surface area (Å²) >= 11 is 3.37. The van der Waals surface area contributed by atoms with Gasteiger partial charge in [-0.15, -0.1) is 0 Å². The molecule has 0 fully saturated rings. The summed E-state index contributed by atoms with van der Waals surface area (Å²) in [6, 6.07) is 23.1. The number of pyridine rings is 1. The van der Waals surface area contributed by atoms with E-state index in [1.54, 1.807) is 48.7 Å². The molecule has 0 saturated heterocycles. The fourth-order valence-electron chi connectivity index (χ4n) is 3.29. The fourth-order valence-corrected chi connectivity index (χ4v) is 3.55. The number of benzene rings is 2. The molecule has 2 aromatic carbocycles. The van der Waals surface area contributed by atoms with E-state index in [9.17, 15) is 14.9 Å². The van der Waals surface area contributed by atoms with Crippen molar-refractivity contribution in [3.63, 3.8) is 0 Å². The van der Waals surface area contributed by atoms with Gasteiger partial charge >= 0.3 is 0 Å². The van der Waals surface area contributed by atoms with Gasteiger partial charge in [-0.1, -0.05) is 52.3 Å². The van der Waals surface area contributed by atoms with Crippen LogP contribution >= 0.6 is 15.9 Å². The molecule has 2 heterocycles. The smallest absolute Gasteiger partial charge is 0.269 e. The molecule has 1 amide bonds. The third-order valence-electron chi connectivity index (χ3n) is 5.06. The van der Waals surface area contributed by atoms with Crippen LogP contribution in [0.4, 0.5) is 0 Å². The van der Waals surface area contributed by atoms with E-state index in [-0.39, 0.29) is 23.1 Å². The van der Waals surface area contributed by atoms with Crippen LogP contribution in [0.1, 0.15) is 24.1 Å². The van der Waals surface area contributed by atoms with Gasteiger partial charge in [0.15, 0.2) is 0 Å². The van der Waals surface area contributed by atoms with Crippen LogP contribution in [0, 0.1) is 11.3 Å². The molecule has 0 bridgehead atoms. The summed E-state index contributed by atoms with van der Waals surface area (Å²) in [7, 11) is 0. The quantitative estimate of drug-likeness (QED) is 0.287. The molecule has 0 aliphatic heterocycles. The second-order valence-corrected chi connectivity index (χ2v) is 8.31. The largest absolute Gasteiger partial charge is 0.438 e. The first-order valence-corrected chi connectivity index (χ1v) is 11.2. The Morgan fingerprint density at radius 1 is 1.12 bits per heavy atom. The molecule has 2 aromatic heterocycles. The van der Waals surface area contributed by atoms with E-state index in [1.165, 1.54) is 10.5 Å². The minimum absolute atomic E-state index is 0.00446. The fraction of sp³-hybridized carbons (Fsp3) is 0.0769. The standard InChI is InChI=1S/C26H19BrN4O3/c1-17(18-7-3-2-4-8-18)29-24(32)19(16-28)15-22-25(34-21-12-10-20(27)11-13-21)30-23-9-5-6-14-31(23)26(22)33/h2-15,17H,1H3,(H,29,32)/b19-15+. The summed E-state index contributed by atoms with van der Waals surface area (Å²) in [6.45, 7) is 1.82. The van der Waals surface area contributed by atoms with Gasteiger partial charge in [0.1, 0.15) is 28.6 Å². The number of nitrogens with zero attached hydrogens (tertiary/aromatic N) is 3. The van der Waals surface area contributed by atoms with E-state index in [0.717, 1.165) is 10.0 Å². The molecule has 1 unspecified atom stereocenters. The highest BCUT2D eigenvalue weighted by Gasteiger charge is 2.19. The molecule has 34 heavy (non-hydrogen) atoms. The van der Waals surface area contributed by atoms with Crippen molar-refractivity contribution in [2.45, 2.75) is 13.0 Å². The van der Waals surface area contributed by atoms with Gasteiger partial charge in [0.25, 0.3) is 11.5 Å². The van der Waals surface area contributed by atoms with E-state index < -0.39 is 11.5 Å². The minimum atomic E-state index is -0.606. The maximum absolute atomic E-state index is 13.3. The molecular formula is C26H19BrN4O3. The van der Waals surface area contributed by atoms with Crippen LogP contribution in [0.25, 0.3) is 11.7 Å². The maximum Gasteiger partial charge on any atom is 0.269 e. The third kappa shape index (κ3) is 5.05. The highest BCUT2D eigenvalue weighted by atomic mass is 79.9. The van der Waals surface area contributed by atoms with Crippen LogP contribution < -0.4 is 15.6 Å². The topological polar surface area (TPSA) is 96.5 Å². The number of ether oxygens (including phenoxy) is 1. The van der Waals surface area contributed by atoms with Gasteiger partial charge in [-0.3, -0.25) is 14.0 Å². The number of amides is 1. The number of halogens is 1. The van der Waals surface area contributed by atoms with E-state index in [0.29, 0.717) is 11.4 Å². The average molecular weight is 515 g/mol. The lowest BCUT2D eigenvalue weighted by atomic mass is 10.1. The average Bonchev–Trinajstić information content (AvgIpc) is 2.86. The second-order valence-electron chi connectivity index (χ2n) is 7.40. The Morgan fingerprint density at radius 2 is 1.82 bits per heavy atom. The molecule has 1 atom stereocenters. The van der Waals surface area contributed by atoms with E-state index in [2.05, 4.69) is 26.2 Å². The Bertz CT molecular complexity index is 1470. The van der Waals surface area contributed by atoms with Crippen molar-refractivity contribution in [3.05, 3.63) is 111 Å². The lowest BCUT2D eigenvalue weighted by Gasteiger charge is -2.14. The lowest BCUT2D eigenvalue weighted by Crippen LogP contribution is -2.28. The van der Waals surface area contributed by atoms with Crippen molar-refractivity contribution in [2.24, 2.45) is 0 Å². The predicted octanol–water partition coefficient (Wildman–Crippen LogP) is 5.03. The molecule has 0 aliphatic carbocycles. The molecule has 4 rings (SSSR count). The summed E-state index contributed by atoms with van der Waals surface area (Å²) in [5, 5.41) is 12.5. The Labute approximate surface area is 204 Å². The molecule has 0 spiro atoms. The zero-order chi connectivity index (χ0) is 24.1. The molecule has 0 saturated carbocycles. The molecule has 1 N–H and O–H groups in total. The normalized spacial score (nSPS) is 12.1. The Hall–Kier alpha value is -4.22. The van der Waals surface area contributed by atoms with Gasteiger partial charge in [-0.2, -0.15) is 10.2 Å². The number of hydrogen-bond acceptors (Lipinski definition) is 5. The van der Waals surface area contributed by atoms with Gasteiger partial charge in [-0.05, 0) is 55.0 Å². The van der Waals surface area contributed by atoms with E-state index in [1.807, 2.05) is 43.3 Å². The number of aromatic nitrogens is 2. The summed E-state index contributed by atoms with van der Waals surface area (Å²) in [4.78, 5) is 30.6. The van der Waals surface area contributed by atoms with E-state index >= 15 is 0 Å². The Kier molecular flexibility index (Phi) is 6.85. The van der Waals surface area contributed by atoms with Crippen LogP contribution in [0.15, 0.2) is 93.8 Å². The zero-order valence-corrected chi connectivity index (χ0v) is 19.7. The van der Waals surface area contributed by atoms with Crippen molar-refractivity contribution in [3.8, 4) is 17.7 Å². The van der Waals surface area contributed by atoms with Crippen LogP contribution in [0.5, 0.6) is 11.6 Å². The lowest BCUT2D eigenvalue weighted by molar-refractivity contribution is -0.117. The minimum Gasteiger partial charge on any atom is -0.438 e. The highest BCUT2D eigenvalue weighted by Crippen LogP contribution is 2.25. The molecular weight excluding hydrogens is 496 g/mol. The first-order valence-electron chi connectivity index (χ1n) is 10.4. The molecule has 7 nitrogen and oxygen atoms in total. The number of fused-ring (bicyclic) bond motifs is 1. The molecule has 168 valence electrons. The Balaban J connectivity index is 1.75. The number of nitriles is 1. The SMILES string of the molecule is CC(NC(=O)/C(C#N)=C/c1c(Oc2ccc(Br)cc2)nc2ccccn2c1=O)c1ccccc1. The van der Waals surface area contributed by atoms with Crippen LogP contribution in [-0.4, -0.2) is 15.3 Å². The zero-order valence-electron chi connectivity index (χ0n) is 18.1. The van der Waals surface area contributed by atoms with Gasteiger partial charge in [0.05, 0.1) is 6.04 Å². The number of rotatable bonds is 6. The molecule has 0 aliphatic rings. The number of carbonyl (C=O) groups excluding carboxylic acids is 1. The van der Waals surface area contributed by atoms with Crippen LogP contribution in [0.3, 0.4) is 0 Å². The first-order chi connectivity index (χ1) is 16.5. The van der Waals surface area contributed by atoms with Crippen molar-refractivity contribution in [2.75, 3.05) is 0 Å². The first kappa shape index (κ1) is 23.0. The monoisotopic (exact) mass is 514 g/mol. The van der Waals surface area contributed by atoms with Crippen LogP contribution in [-0.2, 0) is 4.79 Å². The molecule has 0 radical (unpaired) electrons. The van der Waals surface area contributed by atoms with Crippen molar-refractivity contribution in [1.82, 2.24) is 14.7 Å². The van der Waals surface area contributed by atoms with E-state index in [4.69, 9.17) is 4.74 Å². The molecule has 8 heteroatoms. The van der Waals surface area contributed by atoms with Crippen molar-refractivity contribution >= 4 is 33.6 Å². The van der Waals surface area contributed by atoms with Gasteiger partial charge in [-0.25, -0.2) is 0 Å². The summed E-state index contributed by atoms with van der Waals surface area (Å²) in [5.41, 5.74) is 0.551. The summed E-state index contributed by atoms with van der Waals surface area (Å²) in [6.07, 6.45) is 2.78. The highest BCUT2D eigenvalue weighted by molar-refractivity contribution is 9.10. The van der Waals surface area contributed by atoms with Crippen LogP contribution in [0.2, 0.25) is 0 Å². The summed E-state index contributed by atoms with van der Waals surface area (Å²) < 4.78 is 8.09. The van der Waals surface area contributed by atoms with Gasteiger partial charge < -0.3 is 10.1 Å². The summed E-state index contributed by atoms with van der Waals surface area (Å²) in [5.74, 6) is -0.160. The van der Waals surface area contributed by atoms with Gasteiger partial charge in [0.2, 0.25) is 5.88 Å². The van der Waals surface area contributed by atoms with Crippen molar-refractivity contribution < 1.29 is 9.53 Å². The predicted molar refractivity (Wildman–Crippen MR) is 132 cm³/mol. The number of nitrogens with one attached hydrogen (secondary N) is 1. The number of hydrogen-bond donors (Lipinski definition) is 1. The third-order valence-corrected chi connectivity index (χ3v) is 5.59. The number of carbonyl (C=O) groups is 1. The maximum atomic E-state index is 13.3. The second kappa shape index (κ2) is 10.1. The molecule has 4 aromatic rings. The van der Waals surface area contributed by atoms with Gasteiger partial charge in [0, 0.05) is 10.7 Å². The van der Waals surface area contributed by atoms with Crippen molar-refractivity contribution in [1.29, 1.82) is 5.26 Å². The Morgan fingerprint density at radius 3 is 2.53 bits per heavy atom.